The molecule has 0 heterocycles. The van der Waals surface area contributed by atoms with E-state index in [0.717, 1.165) is 0 Å². The summed E-state index contributed by atoms with van der Waals surface area (Å²) in [6.45, 7) is 3.55. The summed E-state index contributed by atoms with van der Waals surface area (Å²) in [7, 11) is 0. The lowest BCUT2D eigenvalue weighted by atomic mass is 10.1. The molecule has 1 atom stereocenters. The van der Waals surface area contributed by atoms with Gasteiger partial charge in [0.2, 0.25) is 0 Å². The van der Waals surface area contributed by atoms with E-state index in [1.54, 1.807) is 0 Å². The van der Waals surface area contributed by atoms with Gasteiger partial charge < -0.3 is 10.2 Å². The fraction of sp³-hybridized carbons (Fsp3) is 0.429. The highest BCUT2D eigenvalue weighted by molar-refractivity contribution is 9.11. The summed E-state index contributed by atoms with van der Waals surface area (Å²) in [5, 5.41) is 17.5. The van der Waals surface area contributed by atoms with E-state index in [1.165, 1.54) is 0 Å². The Bertz CT molecular complexity index is 243. The van der Waals surface area contributed by atoms with Crippen LogP contribution in [0.25, 0.3) is 0 Å². The van der Waals surface area contributed by atoms with Crippen molar-refractivity contribution < 1.29 is 23.4 Å². The number of aliphatic hydroxyl groups is 2. The Morgan fingerprint density at radius 2 is 1.85 bits per heavy atom. The number of rotatable bonds is 2. The molecule has 0 aromatic carbocycles. The van der Waals surface area contributed by atoms with Gasteiger partial charge in [0.1, 0.15) is 5.76 Å². The highest BCUT2D eigenvalue weighted by atomic mass is 79.9. The Kier molecular flexibility index (Phi) is 3.57. The second-order valence-corrected chi connectivity index (χ2v) is 3.44. The molecule has 0 aromatic heterocycles. The SMILES string of the molecule is C=C(O)/C(Br)=C\C(C)(O)C(F)(F)F. The van der Waals surface area contributed by atoms with Crippen LogP contribution in [0.1, 0.15) is 6.92 Å². The van der Waals surface area contributed by atoms with Crippen LogP contribution in [-0.4, -0.2) is 22.0 Å². The van der Waals surface area contributed by atoms with Gasteiger partial charge in [-0.15, -0.1) is 0 Å². The van der Waals surface area contributed by atoms with Crippen molar-refractivity contribution in [1.29, 1.82) is 0 Å². The normalized spacial score (nSPS) is 18.2. The van der Waals surface area contributed by atoms with Crippen LogP contribution in [0.3, 0.4) is 0 Å². The zero-order valence-electron chi connectivity index (χ0n) is 6.69. The van der Waals surface area contributed by atoms with Gasteiger partial charge in [-0.2, -0.15) is 13.2 Å². The van der Waals surface area contributed by atoms with E-state index < -0.39 is 17.5 Å². The van der Waals surface area contributed by atoms with Crippen molar-refractivity contribution in [3.8, 4) is 0 Å². The smallest absolute Gasteiger partial charge is 0.420 e. The quantitative estimate of drug-likeness (QED) is 0.592. The molecule has 6 heteroatoms. The van der Waals surface area contributed by atoms with Crippen molar-refractivity contribution in [3.63, 3.8) is 0 Å². The summed E-state index contributed by atoms with van der Waals surface area (Å²) in [5.41, 5.74) is -2.99. The third-order valence-corrected chi connectivity index (χ3v) is 1.94. The molecule has 0 aliphatic carbocycles. The minimum Gasteiger partial charge on any atom is -0.507 e. The number of alkyl halides is 3. The third-order valence-electron chi connectivity index (χ3n) is 1.26. The van der Waals surface area contributed by atoms with E-state index in [9.17, 15) is 13.2 Å². The van der Waals surface area contributed by atoms with Crippen molar-refractivity contribution in [1.82, 2.24) is 0 Å². The first-order valence-corrected chi connectivity index (χ1v) is 3.93. The summed E-state index contributed by atoms with van der Waals surface area (Å²) in [5.74, 6) is -0.579. The highest BCUT2D eigenvalue weighted by Gasteiger charge is 2.48. The maximum absolute atomic E-state index is 12.0. The maximum atomic E-state index is 12.0. The molecule has 0 spiro atoms. The predicted molar refractivity (Wildman–Crippen MR) is 45.5 cm³/mol. The molecule has 13 heavy (non-hydrogen) atoms. The predicted octanol–water partition coefficient (Wildman–Crippen LogP) is 2.65. The molecule has 0 radical (unpaired) electrons. The van der Waals surface area contributed by atoms with Crippen LogP contribution >= 0.6 is 15.9 Å². The topological polar surface area (TPSA) is 40.5 Å². The third kappa shape index (κ3) is 3.40. The van der Waals surface area contributed by atoms with Gasteiger partial charge >= 0.3 is 6.18 Å². The van der Waals surface area contributed by atoms with Crippen LogP contribution in [0.15, 0.2) is 22.9 Å². The molecular formula is C7H8BrF3O2. The Morgan fingerprint density at radius 3 is 2.08 bits per heavy atom. The van der Waals surface area contributed by atoms with E-state index in [2.05, 4.69) is 22.5 Å². The molecule has 0 saturated carbocycles. The van der Waals surface area contributed by atoms with Gasteiger partial charge in [-0.25, -0.2) is 0 Å². The lowest BCUT2D eigenvalue weighted by Gasteiger charge is -2.22. The molecule has 2 nitrogen and oxygen atoms in total. The van der Waals surface area contributed by atoms with Crippen LogP contribution < -0.4 is 0 Å². The van der Waals surface area contributed by atoms with E-state index >= 15 is 0 Å². The Balaban J connectivity index is 4.89. The highest BCUT2D eigenvalue weighted by Crippen LogP contribution is 2.33. The van der Waals surface area contributed by atoms with Crippen molar-refractivity contribution >= 4 is 15.9 Å². The van der Waals surface area contributed by atoms with Crippen LogP contribution in [0.2, 0.25) is 0 Å². The van der Waals surface area contributed by atoms with Crippen LogP contribution in [-0.2, 0) is 0 Å². The molecule has 0 fully saturated rings. The molecule has 0 amide bonds. The summed E-state index contributed by atoms with van der Waals surface area (Å²) in [4.78, 5) is 0. The second kappa shape index (κ2) is 3.71. The minimum absolute atomic E-state index is 0.296. The molecule has 0 bridgehead atoms. The Hall–Kier alpha value is -0.490. The minimum atomic E-state index is -4.79. The van der Waals surface area contributed by atoms with Crippen molar-refractivity contribution in [3.05, 3.63) is 22.9 Å². The standard InChI is InChI=1S/C7H8BrF3O2/c1-4(12)5(8)3-6(2,13)7(9,10)11/h3,12-13H,1H2,2H3/b5-3+. The van der Waals surface area contributed by atoms with Crippen molar-refractivity contribution in [2.75, 3.05) is 0 Å². The first-order valence-electron chi connectivity index (χ1n) is 3.13. The molecule has 1 unspecified atom stereocenters. The first-order chi connectivity index (χ1) is 5.58. The number of aliphatic hydroxyl groups excluding tert-OH is 1. The van der Waals surface area contributed by atoms with Crippen molar-refractivity contribution in [2.45, 2.75) is 18.7 Å². The van der Waals surface area contributed by atoms with Gasteiger partial charge in [-0.05, 0) is 28.9 Å². The zero-order valence-corrected chi connectivity index (χ0v) is 8.28. The fourth-order valence-corrected chi connectivity index (χ4v) is 0.858. The fourth-order valence-electron chi connectivity index (χ4n) is 0.412. The molecule has 0 aliphatic heterocycles. The van der Waals surface area contributed by atoms with E-state index in [4.69, 9.17) is 10.2 Å². The van der Waals surface area contributed by atoms with Gasteiger partial charge in [0.05, 0.1) is 4.48 Å². The lowest BCUT2D eigenvalue weighted by Crippen LogP contribution is -2.40. The first kappa shape index (κ1) is 12.5. The number of hydrogen-bond acceptors (Lipinski definition) is 2. The van der Waals surface area contributed by atoms with Crippen molar-refractivity contribution in [2.24, 2.45) is 0 Å². The molecule has 2 N–H and O–H groups in total. The number of hydrogen-bond donors (Lipinski definition) is 2. The van der Waals surface area contributed by atoms with E-state index in [-0.39, 0.29) is 4.48 Å². The van der Waals surface area contributed by atoms with Gasteiger partial charge in [-0.3, -0.25) is 0 Å². The average molecular weight is 261 g/mol. The molecule has 76 valence electrons. The summed E-state index contributed by atoms with van der Waals surface area (Å²) in [6, 6.07) is 0. The Morgan fingerprint density at radius 1 is 1.46 bits per heavy atom. The second-order valence-electron chi connectivity index (χ2n) is 2.58. The molecule has 0 saturated heterocycles. The summed E-state index contributed by atoms with van der Waals surface area (Å²) < 4.78 is 35.8. The average Bonchev–Trinajstić information content (AvgIpc) is 1.83. The molecule has 0 aliphatic rings. The largest absolute Gasteiger partial charge is 0.507 e. The van der Waals surface area contributed by atoms with Crippen LogP contribution in [0.5, 0.6) is 0 Å². The van der Waals surface area contributed by atoms with Gasteiger partial charge in [0, 0.05) is 0 Å². The number of halogens is 4. The van der Waals surface area contributed by atoms with E-state index in [1.807, 2.05) is 0 Å². The summed E-state index contributed by atoms with van der Waals surface area (Å²) in [6.07, 6.45) is -4.36. The van der Waals surface area contributed by atoms with Gasteiger partial charge in [0.15, 0.2) is 5.60 Å². The molecule has 0 rings (SSSR count). The van der Waals surface area contributed by atoms with Gasteiger partial charge in [0.25, 0.3) is 0 Å². The molecule has 0 aromatic rings. The maximum Gasteiger partial charge on any atom is 0.420 e. The van der Waals surface area contributed by atoms with E-state index in [0.29, 0.717) is 13.0 Å². The summed E-state index contributed by atoms with van der Waals surface area (Å²) >= 11 is 2.62. The van der Waals surface area contributed by atoms with Crippen LogP contribution in [0.4, 0.5) is 13.2 Å². The Labute approximate surface area is 81.5 Å². The van der Waals surface area contributed by atoms with Crippen LogP contribution in [0, 0.1) is 0 Å². The van der Waals surface area contributed by atoms with Gasteiger partial charge in [-0.1, -0.05) is 6.58 Å². The molecular weight excluding hydrogens is 253 g/mol. The zero-order chi connectivity index (χ0) is 10.9. The lowest BCUT2D eigenvalue weighted by molar-refractivity contribution is -0.232. The monoisotopic (exact) mass is 260 g/mol. The number of allylic oxidation sites excluding steroid dienone is 1.